The molecule has 5 heteroatoms. The van der Waals surface area contributed by atoms with E-state index in [1.807, 2.05) is 0 Å². The molecule has 0 aliphatic carbocycles. The first-order valence-corrected chi connectivity index (χ1v) is 6.00. The number of halogens is 1. The Morgan fingerprint density at radius 1 is 1.53 bits per heavy atom. The van der Waals surface area contributed by atoms with Gasteiger partial charge in [-0.3, -0.25) is 4.79 Å². The number of hydrogen-bond donors (Lipinski definition) is 3. The molecule has 4 nitrogen and oxygen atoms in total. The van der Waals surface area contributed by atoms with Gasteiger partial charge in [-0.15, -0.1) is 0 Å². The van der Waals surface area contributed by atoms with Gasteiger partial charge in [-0.05, 0) is 24.6 Å². The average molecular weight is 255 g/mol. The lowest BCUT2D eigenvalue weighted by atomic mass is 10.2. The third-order valence-electron chi connectivity index (χ3n) is 2.83. The first-order valence-electron chi connectivity index (χ1n) is 5.62. The standard InChI is InChI=1S/C12H15ClN2O2/c13-9-1-3-11(16)8(5-9)6-14-7-10-2-4-12(17)15-10/h1,3,5,10,14,16H,2,4,6-7H2,(H,15,17). The van der Waals surface area contributed by atoms with E-state index in [1.54, 1.807) is 18.2 Å². The Labute approximate surface area is 105 Å². The van der Waals surface area contributed by atoms with Crippen molar-refractivity contribution in [3.63, 3.8) is 0 Å². The van der Waals surface area contributed by atoms with Gasteiger partial charge in [0.05, 0.1) is 0 Å². The van der Waals surface area contributed by atoms with Crippen molar-refractivity contribution in [3.05, 3.63) is 28.8 Å². The average Bonchev–Trinajstić information content (AvgIpc) is 2.69. The molecule has 1 heterocycles. The first-order chi connectivity index (χ1) is 8.15. The van der Waals surface area contributed by atoms with E-state index < -0.39 is 0 Å². The molecule has 0 aromatic heterocycles. The molecule has 17 heavy (non-hydrogen) atoms. The van der Waals surface area contributed by atoms with Crippen LogP contribution in [-0.4, -0.2) is 23.6 Å². The zero-order valence-corrected chi connectivity index (χ0v) is 10.1. The van der Waals surface area contributed by atoms with Crippen molar-refractivity contribution < 1.29 is 9.90 Å². The molecule has 1 amide bonds. The van der Waals surface area contributed by atoms with E-state index in [0.29, 0.717) is 24.5 Å². The molecule has 1 saturated heterocycles. The van der Waals surface area contributed by atoms with E-state index >= 15 is 0 Å². The second-order valence-corrected chi connectivity index (χ2v) is 4.64. The number of phenolic OH excluding ortho intramolecular Hbond substituents is 1. The van der Waals surface area contributed by atoms with Crippen molar-refractivity contribution >= 4 is 17.5 Å². The highest BCUT2D eigenvalue weighted by atomic mass is 35.5. The number of carbonyl (C=O) groups excluding carboxylic acids is 1. The van der Waals surface area contributed by atoms with Gasteiger partial charge in [0.15, 0.2) is 0 Å². The number of phenols is 1. The van der Waals surface area contributed by atoms with Crippen LogP contribution in [0, 0.1) is 0 Å². The predicted octanol–water partition coefficient (Wildman–Crippen LogP) is 1.41. The highest BCUT2D eigenvalue weighted by Crippen LogP contribution is 2.21. The Morgan fingerprint density at radius 3 is 3.06 bits per heavy atom. The normalized spacial score (nSPS) is 19.4. The molecule has 1 aromatic rings. The first kappa shape index (κ1) is 12.2. The largest absolute Gasteiger partial charge is 0.508 e. The highest BCUT2D eigenvalue weighted by molar-refractivity contribution is 6.30. The van der Waals surface area contributed by atoms with Gasteiger partial charge in [-0.1, -0.05) is 11.6 Å². The van der Waals surface area contributed by atoms with Gasteiger partial charge >= 0.3 is 0 Å². The molecule has 1 atom stereocenters. The SMILES string of the molecule is O=C1CCC(CNCc2cc(Cl)ccc2O)N1. The number of carbonyl (C=O) groups is 1. The third kappa shape index (κ3) is 3.35. The fraction of sp³-hybridized carbons (Fsp3) is 0.417. The number of rotatable bonds is 4. The van der Waals surface area contributed by atoms with Crippen LogP contribution in [0.3, 0.4) is 0 Å². The Balaban J connectivity index is 1.81. The van der Waals surface area contributed by atoms with Gasteiger partial charge in [-0.2, -0.15) is 0 Å². The summed E-state index contributed by atoms with van der Waals surface area (Å²) in [7, 11) is 0. The van der Waals surface area contributed by atoms with Crippen LogP contribution in [0.5, 0.6) is 5.75 Å². The smallest absolute Gasteiger partial charge is 0.220 e. The molecule has 2 rings (SSSR count). The van der Waals surface area contributed by atoms with Crippen LogP contribution in [0.4, 0.5) is 0 Å². The van der Waals surface area contributed by atoms with Crippen LogP contribution in [0.25, 0.3) is 0 Å². The van der Waals surface area contributed by atoms with Gasteiger partial charge in [0.1, 0.15) is 5.75 Å². The van der Waals surface area contributed by atoms with Crippen LogP contribution in [0.1, 0.15) is 18.4 Å². The van der Waals surface area contributed by atoms with E-state index in [0.717, 1.165) is 12.0 Å². The minimum Gasteiger partial charge on any atom is -0.508 e. The summed E-state index contributed by atoms with van der Waals surface area (Å²) in [6.45, 7) is 1.25. The Bertz CT molecular complexity index is 423. The summed E-state index contributed by atoms with van der Waals surface area (Å²) in [5, 5.41) is 16.3. The number of hydrogen-bond acceptors (Lipinski definition) is 3. The zero-order valence-electron chi connectivity index (χ0n) is 9.37. The lowest BCUT2D eigenvalue weighted by Gasteiger charge is -2.12. The van der Waals surface area contributed by atoms with Crippen LogP contribution in [0.15, 0.2) is 18.2 Å². The van der Waals surface area contributed by atoms with E-state index in [-0.39, 0.29) is 17.7 Å². The van der Waals surface area contributed by atoms with E-state index in [1.165, 1.54) is 0 Å². The maximum atomic E-state index is 11.0. The molecule has 3 N–H and O–H groups in total. The maximum absolute atomic E-state index is 11.0. The minimum absolute atomic E-state index is 0.113. The summed E-state index contributed by atoms with van der Waals surface area (Å²) in [6.07, 6.45) is 1.47. The lowest BCUT2D eigenvalue weighted by Crippen LogP contribution is -2.35. The molecule has 0 spiro atoms. The number of aromatic hydroxyl groups is 1. The lowest BCUT2D eigenvalue weighted by molar-refractivity contribution is -0.119. The van der Waals surface area contributed by atoms with E-state index in [4.69, 9.17) is 11.6 Å². The number of benzene rings is 1. The molecule has 1 aromatic carbocycles. The second kappa shape index (κ2) is 5.38. The van der Waals surface area contributed by atoms with Crippen molar-refractivity contribution in [2.75, 3.05) is 6.54 Å². The Kier molecular flexibility index (Phi) is 3.86. The summed E-state index contributed by atoms with van der Waals surface area (Å²) in [5.74, 6) is 0.347. The molecular weight excluding hydrogens is 240 g/mol. The zero-order chi connectivity index (χ0) is 12.3. The summed E-state index contributed by atoms with van der Waals surface area (Å²) >= 11 is 5.85. The summed E-state index contributed by atoms with van der Waals surface area (Å²) in [5.41, 5.74) is 0.766. The third-order valence-corrected chi connectivity index (χ3v) is 3.07. The fourth-order valence-electron chi connectivity index (χ4n) is 1.91. The van der Waals surface area contributed by atoms with Gasteiger partial charge in [0.2, 0.25) is 5.91 Å². The second-order valence-electron chi connectivity index (χ2n) is 4.21. The van der Waals surface area contributed by atoms with Gasteiger partial charge < -0.3 is 15.7 Å². The summed E-state index contributed by atoms with van der Waals surface area (Å²) < 4.78 is 0. The van der Waals surface area contributed by atoms with Crippen molar-refractivity contribution in [2.45, 2.75) is 25.4 Å². The fourth-order valence-corrected chi connectivity index (χ4v) is 2.10. The molecule has 92 valence electrons. The van der Waals surface area contributed by atoms with E-state index in [9.17, 15) is 9.90 Å². The monoisotopic (exact) mass is 254 g/mol. The minimum atomic E-state index is 0.113. The van der Waals surface area contributed by atoms with Crippen LogP contribution in [-0.2, 0) is 11.3 Å². The molecule has 1 unspecified atom stereocenters. The molecule has 0 bridgehead atoms. The van der Waals surface area contributed by atoms with Crippen LogP contribution >= 0.6 is 11.6 Å². The van der Waals surface area contributed by atoms with E-state index in [2.05, 4.69) is 10.6 Å². The Morgan fingerprint density at radius 2 is 2.35 bits per heavy atom. The Hall–Kier alpha value is -1.26. The van der Waals surface area contributed by atoms with Gasteiger partial charge in [0.25, 0.3) is 0 Å². The molecule has 0 radical (unpaired) electrons. The summed E-state index contributed by atoms with van der Waals surface area (Å²) in [4.78, 5) is 11.0. The quantitative estimate of drug-likeness (QED) is 0.762. The molecular formula is C12H15ClN2O2. The van der Waals surface area contributed by atoms with Gasteiger partial charge in [-0.25, -0.2) is 0 Å². The predicted molar refractivity (Wildman–Crippen MR) is 66.0 cm³/mol. The van der Waals surface area contributed by atoms with Crippen molar-refractivity contribution in [2.24, 2.45) is 0 Å². The van der Waals surface area contributed by atoms with Crippen LogP contribution < -0.4 is 10.6 Å². The van der Waals surface area contributed by atoms with Gasteiger partial charge in [0, 0.05) is 36.1 Å². The molecule has 0 saturated carbocycles. The number of amides is 1. The topological polar surface area (TPSA) is 61.4 Å². The maximum Gasteiger partial charge on any atom is 0.220 e. The van der Waals surface area contributed by atoms with Crippen LogP contribution in [0.2, 0.25) is 5.02 Å². The molecule has 1 fully saturated rings. The summed E-state index contributed by atoms with van der Waals surface area (Å²) in [6, 6.07) is 5.16. The van der Waals surface area contributed by atoms with Crippen molar-refractivity contribution in [1.82, 2.24) is 10.6 Å². The highest BCUT2D eigenvalue weighted by Gasteiger charge is 2.19. The van der Waals surface area contributed by atoms with Crippen molar-refractivity contribution in [1.29, 1.82) is 0 Å². The molecule has 1 aliphatic rings. The molecule has 1 aliphatic heterocycles. The number of nitrogens with one attached hydrogen (secondary N) is 2. The van der Waals surface area contributed by atoms with Crippen molar-refractivity contribution in [3.8, 4) is 5.75 Å².